The Morgan fingerprint density at radius 1 is 0.891 bits per heavy atom. The minimum atomic E-state index is -0.564. The zero-order valence-electron chi connectivity index (χ0n) is 24.3. The molecule has 1 fully saturated rings. The van der Waals surface area contributed by atoms with E-state index in [1.165, 1.54) is 12.1 Å². The first-order valence-electron chi connectivity index (χ1n) is 14.5. The Balaban J connectivity index is 1.14. The van der Waals surface area contributed by atoms with Gasteiger partial charge in [0, 0.05) is 47.4 Å². The number of nitro groups is 1. The molecule has 0 radical (unpaired) electrons. The molecule has 228 valence electrons. The van der Waals surface area contributed by atoms with Crippen LogP contribution < -0.4 is 15.5 Å². The molecule has 0 atom stereocenters. The van der Waals surface area contributed by atoms with Crippen molar-refractivity contribution in [1.82, 2.24) is 15.3 Å². The highest BCUT2D eigenvalue weighted by Gasteiger charge is 2.23. The van der Waals surface area contributed by atoms with Gasteiger partial charge in [0.1, 0.15) is 5.52 Å². The second kappa shape index (κ2) is 12.3. The van der Waals surface area contributed by atoms with Gasteiger partial charge < -0.3 is 19.4 Å². The molecule has 4 aromatic carbocycles. The fourth-order valence-corrected chi connectivity index (χ4v) is 5.67. The number of pyridine rings is 1. The standard InChI is InChI=1S/C34H26N6O5S/c41-32(26-19-23(40(42)43)11-12-30(26)39-14-16-44-17-15-39)38-34(46)35-22-10-13-31-29(18-22)37-33(45-31)25-20-28(21-6-2-1-3-7-21)36-27-9-5-4-8-24(25)27/h1-13,18-20H,14-17H2,(H2,35,38,41,46). The van der Waals surface area contributed by atoms with Gasteiger partial charge in [-0.15, -0.1) is 0 Å². The number of anilines is 2. The number of carbonyl (C=O) groups is 1. The molecule has 1 aliphatic heterocycles. The molecule has 11 nitrogen and oxygen atoms in total. The van der Waals surface area contributed by atoms with E-state index in [0.717, 1.165) is 27.7 Å². The lowest BCUT2D eigenvalue weighted by Gasteiger charge is -2.30. The molecule has 0 spiro atoms. The Kier molecular flexibility index (Phi) is 7.79. The third-order valence-electron chi connectivity index (χ3n) is 7.68. The average Bonchev–Trinajstić information content (AvgIpc) is 3.51. The molecule has 2 aromatic heterocycles. The van der Waals surface area contributed by atoms with Gasteiger partial charge in [-0.2, -0.15) is 0 Å². The number of morpholine rings is 1. The van der Waals surface area contributed by atoms with E-state index in [4.69, 9.17) is 31.3 Å². The topological polar surface area (TPSA) is 136 Å². The van der Waals surface area contributed by atoms with Gasteiger partial charge in [0.15, 0.2) is 10.7 Å². The van der Waals surface area contributed by atoms with Crippen molar-refractivity contribution in [3.63, 3.8) is 0 Å². The van der Waals surface area contributed by atoms with E-state index in [1.807, 2.05) is 65.6 Å². The summed E-state index contributed by atoms with van der Waals surface area (Å²) >= 11 is 5.45. The molecule has 46 heavy (non-hydrogen) atoms. The summed E-state index contributed by atoms with van der Waals surface area (Å²) in [6, 6.07) is 29.3. The lowest BCUT2D eigenvalue weighted by molar-refractivity contribution is -0.384. The quantitative estimate of drug-likeness (QED) is 0.118. The number of amides is 1. The van der Waals surface area contributed by atoms with Crippen molar-refractivity contribution in [2.45, 2.75) is 0 Å². The molecule has 2 N–H and O–H groups in total. The lowest BCUT2D eigenvalue weighted by atomic mass is 10.0. The first-order valence-corrected chi connectivity index (χ1v) is 14.9. The van der Waals surface area contributed by atoms with E-state index in [0.29, 0.717) is 54.7 Å². The molecule has 12 heteroatoms. The summed E-state index contributed by atoms with van der Waals surface area (Å²) in [6.45, 7) is 2.11. The number of rotatable bonds is 6. The van der Waals surface area contributed by atoms with E-state index in [2.05, 4.69) is 10.6 Å². The fraction of sp³-hybridized carbons (Fsp3) is 0.118. The maximum atomic E-state index is 13.3. The highest BCUT2D eigenvalue weighted by Crippen LogP contribution is 2.34. The molecule has 0 aliphatic carbocycles. The smallest absolute Gasteiger partial charge is 0.270 e. The van der Waals surface area contributed by atoms with Crippen molar-refractivity contribution in [3.05, 3.63) is 113 Å². The fourth-order valence-electron chi connectivity index (χ4n) is 5.46. The highest BCUT2D eigenvalue weighted by atomic mass is 32.1. The maximum Gasteiger partial charge on any atom is 0.270 e. The van der Waals surface area contributed by atoms with Crippen LogP contribution in [0.4, 0.5) is 17.1 Å². The Hall–Kier alpha value is -5.72. The van der Waals surface area contributed by atoms with Gasteiger partial charge in [0.05, 0.1) is 40.6 Å². The van der Waals surface area contributed by atoms with Gasteiger partial charge >= 0.3 is 0 Å². The van der Waals surface area contributed by atoms with Crippen molar-refractivity contribution >= 4 is 62.3 Å². The summed E-state index contributed by atoms with van der Waals surface area (Å²) in [6.07, 6.45) is 0. The van der Waals surface area contributed by atoms with E-state index < -0.39 is 10.8 Å². The molecular formula is C34H26N6O5S. The number of aromatic nitrogens is 2. The molecule has 0 bridgehead atoms. The summed E-state index contributed by atoms with van der Waals surface area (Å²) in [7, 11) is 0. The number of hydrogen-bond donors (Lipinski definition) is 2. The largest absolute Gasteiger partial charge is 0.436 e. The van der Waals surface area contributed by atoms with Crippen LogP contribution in [-0.4, -0.2) is 52.2 Å². The second-order valence-corrected chi connectivity index (χ2v) is 11.0. The van der Waals surface area contributed by atoms with Crippen molar-refractivity contribution < 1.29 is 18.9 Å². The van der Waals surface area contributed by atoms with Gasteiger partial charge in [-0.3, -0.25) is 20.2 Å². The van der Waals surface area contributed by atoms with Crippen LogP contribution in [0.1, 0.15) is 10.4 Å². The third kappa shape index (κ3) is 5.86. The Morgan fingerprint density at radius 2 is 1.67 bits per heavy atom. The number of carbonyl (C=O) groups excluding carboxylic acids is 1. The van der Waals surface area contributed by atoms with Gasteiger partial charge in [-0.05, 0) is 48.6 Å². The zero-order valence-corrected chi connectivity index (χ0v) is 25.1. The number of para-hydroxylation sites is 1. The first kappa shape index (κ1) is 29.0. The predicted molar refractivity (Wildman–Crippen MR) is 180 cm³/mol. The van der Waals surface area contributed by atoms with E-state index >= 15 is 0 Å². The van der Waals surface area contributed by atoms with Crippen LogP contribution in [0.2, 0.25) is 0 Å². The van der Waals surface area contributed by atoms with Crippen LogP contribution in [0.3, 0.4) is 0 Å². The zero-order chi connectivity index (χ0) is 31.6. The Morgan fingerprint density at radius 3 is 2.48 bits per heavy atom. The van der Waals surface area contributed by atoms with Crippen LogP contribution >= 0.6 is 12.2 Å². The van der Waals surface area contributed by atoms with Crippen molar-refractivity contribution in [3.8, 4) is 22.7 Å². The van der Waals surface area contributed by atoms with Gasteiger partial charge in [0.2, 0.25) is 5.89 Å². The maximum absolute atomic E-state index is 13.3. The average molecular weight is 631 g/mol. The molecule has 1 aliphatic rings. The first-order chi connectivity index (χ1) is 22.4. The van der Waals surface area contributed by atoms with E-state index in [9.17, 15) is 14.9 Å². The van der Waals surface area contributed by atoms with E-state index in [1.54, 1.807) is 24.3 Å². The SMILES string of the molecule is O=C(NC(=S)Nc1ccc2oc(-c3cc(-c4ccccc4)nc4ccccc34)nc2c1)c1cc([N+](=O)[O-])ccc1N1CCOCC1. The Labute approximate surface area is 268 Å². The van der Waals surface area contributed by atoms with Crippen LogP contribution in [0, 0.1) is 10.1 Å². The van der Waals surface area contributed by atoms with E-state index in [-0.39, 0.29) is 16.4 Å². The molecule has 7 rings (SSSR count). The number of fused-ring (bicyclic) bond motifs is 2. The number of nitrogens with zero attached hydrogens (tertiary/aromatic N) is 4. The molecule has 0 unspecified atom stereocenters. The van der Waals surface area contributed by atoms with Gasteiger partial charge in [-0.25, -0.2) is 9.97 Å². The predicted octanol–water partition coefficient (Wildman–Crippen LogP) is 6.58. The van der Waals surface area contributed by atoms with Crippen LogP contribution in [0.25, 0.3) is 44.7 Å². The van der Waals surface area contributed by atoms with Gasteiger partial charge in [-0.1, -0.05) is 48.5 Å². The number of nitrogens with one attached hydrogen (secondary N) is 2. The molecule has 3 heterocycles. The number of oxazole rings is 1. The molecule has 0 saturated carbocycles. The summed E-state index contributed by atoms with van der Waals surface area (Å²) in [4.78, 5) is 35.9. The highest BCUT2D eigenvalue weighted by molar-refractivity contribution is 7.80. The number of nitro benzene ring substituents is 1. The van der Waals surface area contributed by atoms with Crippen LogP contribution in [0.5, 0.6) is 0 Å². The van der Waals surface area contributed by atoms with Crippen molar-refractivity contribution in [1.29, 1.82) is 0 Å². The minimum absolute atomic E-state index is 0.0279. The van der Waals surface area contributed by atoms with Crippen molar-refractivity contribution in [2.75, 3.05) is 36.5 Å². The summed E-state index contributed by atoms with van der Waals surface area (Å²) in [5.74, 6) is -0.119. The number of thiocarbonyl (C=S) groups is 1. The number of hydrogen-bond acceptors (Lipinski definition) is 9. The molecule has 6 aromatic rings. The molecule has 1 amide bonds. The summed E-state index contributed by atoms with van der Waals surface area (Å²) < 4.78 is 11.6. The van der Waals surface area contributed by atoms with Crippen molar-refractivity contribution in [2.24, 2.45) is 0 Å². The number of non-ortho nitro benzene ring substituents is 1. The summed E-state index contributed by atoms with van der Waals surface area (Å²) in [5, 5.41) is 18.1. The lowest BCUT2D eigenvalue weighted by Crippen LogP contribution is -2.39. The summed E-state index contributed by atoms with van der Waals surface area (Å²) in [5.41, 5.74) is 5.70. The molecular weight excluding hydrogens is 604 g/mol. The van der Waals surface area contributed by atoms with Crippen LogP contribution in [-0.2, 0) is 4.74 Å². The second-order valence-electron chi connectivity index (χ2n) is 10.6. The normalized spacial score (nSPS) is 13.1. The van der Waals surface area contributed by atoms with Crippen LogP contribution in [0.15, 0.2) is 101 Å². The van der Waals surface area contributed by atoms with Gasteiger partial charge in [0.25, 0.3) is 11.6 Å². The Bertz CT molecular complexity index is 2130. The molecule has 1 saturated heterocycles. The monoisotopic (exact) mass is 630 g/mol. The minimum Gasteiger partial charge on any atom is -0.436 e. The number of benzene rings is 4. The number of ether oxygens (including phenoxy) is 1. The third-order valence-corrected chi connectivity index (χ3v) is 7.88.